The Morgan fingerprint density at radius 3 is 2.75 bits per heavy atom. The summed E-state index contributed by atoms with van der Waals surface area (Å²) < 4.78 is 27.2. The Bertz CT molecular complexity index is 617. The minimum atomic E-state index is -3.66. The molecule has 0 unspecified atom stereocenters. The normalized spacial score (nSPS) is 24.5. The summed E-state index contributed by atoms with van der Waals surface area (Å²) in [7, 11) is -3.66. The van der Waals surface area contributed by atoms with Crippen LogP contribution in [0, 0.1) is 5.92 Å². The van der Waals surface area contributed by atoms with E-state index >= 15 is 0 Å². The van der Waals surface area contributed by atoms with Crippen LogP contribution in [0.4, 0.5) is 0 Å². The lowest BCUT2D eigenvalue weighted by atomic mass is 9.92. The highest BCUT2D eigenvalue weighted by Gasteiger charge is 2.39. The van der Waals surface area contributed by atoms with Gasteiger partial charge in [0.05, 0.1) is 10.8 Å². The third-order valence-electron chi connectivity index (χ3n) is 3.65. The number of aliphatic carboxylic acids is 1. The van der Waals surface area contributed by atoms with Crippen molar-refractivity contribution in [3.8, 4) is 0 Å². The van der Waals surface area contributed by atoms with E-state index in [4.69, 9.17) is 0 Å². The van der Waals surface area contributed by atoms with Crippen molar-refractivity contribution < 1.29 is 18.3 Å². The van der Waals surface area contributed by atoms with E-state index in [1.165, 1.54) is 16.4 Å². The Morgan fingerprint density at radius 2 is 2.15 bits per heavy atom. The Balaban J connectivity index is 2.36. The van der Waals surface area contributed by atoms with Gasteiger partial charge in [0.25, 0.3) is 0 Å². The monoisotopic (exact) mass is 361 g/mol. The minimum absolute atomic E-state index is 0.185. The molecule has 5 nitrogen and oxygen atoms in total. The predicted molar refractivity (Wildman–Crippen MR) is 77.9 cm³/mol. The molecule has 1 aliphatic heterocycles. The largest absolute Gasteiger partial charge is 0.481 e. The fraction of sp³-hybridized carbons (Fsp3) is 0.462. The molecule has 0 aromatic heterocycles. The number of carboxylic acid groups (broad SMARTS) is 1. The predicted octanol–water partition coefficient (Wildman–Crippen LogP) is 2.32. The molecule has 110 valence electrons. The summed E-state index contributed by atoms with van der Waals surface area (Å²) in [6.07, 6.45) is 1.08. The number of rotatable bonds is 3. The molecule has 0 radical (unpaired) electrons. The number of hydrogen-bond acceptors (Lipinski definition) is 3. The molecule has 1 aromatic carbocycles. The molecule has 2 rings (SSSR count). The molecule has 1 fully saturated rings. The minimum Gasteiger partial charge on any atom is -0.481 e. The van der Waals surface area contributed by atoms with Gasteiger partial charge in [-0.15, -0.1) is 0 Å². The molecule has 7 heteroatoms. The van der Waals surface area contributed by atoms with E-state index in [2.05, 4.69) is 15.9 Å². The molecule has 0 saturated carbocycles. The van der Waals surface area contributed by atoms with Gasteiger partial charge in [0.1, 0.15) is 0 Å². The van der Waals surface area contributed by atoms with Gasteiger partial charge < -0.3 is 5.11 Å². The van der Waals surface area contributed by atoms with Gasteiger partial charge in [-0.25, -0.2) is 8.42 Å². The number of carboxylic acids is 1. The van der Waals surface area contributed by atoms with Gasteiger partial charge in [-0.2, -0.15) is 4.31 Å². The van der Waals surface area contributed by atoms with Crippen molar-refractivity contribution in [1.29, 1.82) is 0 Å². The number of carbonyl (C=O) groups is 1. The topological polar surface area (TPSA) is 74.7 Å². The molecule has 1 aliphatic rings. The lowest BCUT2D eigenvalue weighted by Crippen LogP contribution is -2.48. The van der Waals surface area contributed by atoms with E-state index < -0.39 is 28.0 Å². The Labute approximate surface area is 126 Å². The van der Waals surface area contributed by atoms with Crippen molar-refractivity contribution in [2.75, 3.05) is 6.54 Å². The van der Waals surface area contributed by atoms with Crippen molar-refractivity contribution in [1.82, 2.24) is 4.31 Å². The van der Waals surface area contributed by atoms with E-state index in [1.807, 2.05) is 0 Å². The van der Waals surface area contributed by atoms with Crippen LogP contribution in [-0.2, 0) is 14.8 Å². The molecule has 2 atom stereocenters. The average Bonchev–Trinajstić information content (AvgIpc) is 2.38. The summed E-state index contributed by atoms with van der Waals surface area (Å²) in [6.45, 7) is 2.02. The molecule has 0 amide bonds. The van der Waals surface area contributed by atoms with Gasteiger partial charge in [-0.05, 0) is 38.0 Å². The summed E-state index contributed by atoms with van der Waals surface area (Å²) in [5, 5.41) is 9.18. The molecular formula is C13H16BrNO4S. The standard InChI is InChI=1S/C13H16BrNO4S/c1-9-12(13(16)17)6-3-7-15(9)20(18,19)11-5-2-4-10(14)8-11/h2,4-5,8-9,12H,3,6-7H2,1H3,(H,16,17)/t9-,12-/m1/s1. The van der Waals surface area contributed by atoms with Gasteiger partial charge >= 0.3 is 5.97 Å². The summed E-state index contributed by atoms with van der Waals surface area (Å²) in [6, 6.07) is 5.92. The maximum Gasteiger partial charge on any atom is 0.308 e. The number of benzene rings is 1. The third-order valence-corrected chi connectivity index (χ3v) is 6.13. The maximum absolute atomic E-state index is 12.6. The van der Waals surface area contributed by atoms with Crippen LogP contribution >= 0.6 is 15.9 Å². The number of nitrogens with zero attached hydrogens (tertiary/aromatic N) is 1. The van der Waals surface area contributed by atoms with Crippen molar-refractivity contribution >= 4 is 31.9 Å². The lowest BCUT2D eigenvalue weighted by molar-refractivity contribution is -0.144. The van der Waals surface area contributed by atoms with Gasteiger partial charge in [0, 0.05) is 17.1 Å². The zero-order valence-electron chi connectivity index (χ0n) is 11.0. The van der Waals surface area contributed by atoms with Crippen LogP contribution < -0.4 is 0 Å². The Hall–Kier alpha value is -0.920. The summed E-state index contributed by atoms with van der Waals surface area (Å²) in [5.74, 6) is -1.59. The second-order valence-electron chi connectivity index (χ2n) is 4.90. The highest BCUT2D eigenvalue weighted by Crippen LogP contribution is 2.30. The molecule has 1 saturated heterocycles. The van der Waals surface area contributed by atoms with Crippen LogP contribution in [0.2, 0.25) is 0 Å². The highest BCUT2D eigenvalue weighted by molar-refractivity contribution is 9.10. The highest BCUT2D eigenvalue weighted by atomic mass is 79.9. The first-order chi connectivity index (χ1) is 9.34. The smallest absolute Gasteiger partial charge is 0.308 e. The second kappa shape index (κ2) is 5.83. The number of piperidine rings is 1. The van der Waals surface area contributed by atoms with Gasteiger partial charge in [-0.1, -0.05) is 22.0 Å². The Kier molecular flexibility index (Phi) is 4.51. The van der Waals surface area contributed by atoms with Crippen LogP contribution in [0.15, 0.2) is 33.6 Å². The number of halogens is 1. The first kappa shape index (κ1) is 15.5. The third kappa shape index (κ3) is 2.89. The van der Waals surface area contributed by atoms with Crippen LogP contribution in [0.1, 0.15) is 19.8 Å². The van der Waals surface area contributed by atoms with E-state index in [1.54, 1.807) is 19.1 Å². The quantitative estimate of drug-likeness (QED) is 0.896. The number of hydrogen-bond donors (Lipinski definition) is 1. The van der Waals surface area contributed by atoms with Crippen molar-refractivity contribution in [3.63, 3.8) is 0 Å². The van der Waals surface area contributed by atoms with E-state index in [9.17, 15) is 18.3 Å². The van der Waals surface area contributed by atoms with Gasteiger partial charge in [0.2, 0.25) is 10.0 Å². The van der Waals surface area contributed by atoms with Crippen LogP contribution in [0.3, 0.4) is 0 Å². The van der Waals surface area contributed by atoms with Crippen LogP contribution in [0.25, 0.3) is 0 Å². The first-order valence-electron chi connectivity index (χ1n) is 6.34. The fourth-order valence-corrected chi connectivity index (χ4v) is 4.85. The van der Waals surface area contributed by atoms with Gasteiger partial charge in [-0.3, -0.25) is 4.79 Å². The Morgan fingerprint density at radius 1 is 1.45 bits per heavy atom. The summed E-state index contributed by atoms with van der Waals surface area (Å²) in [5.41, 5.74) is 0. The van der Waals surface area contributed by atoms with Crippen molar-refractivity contribution in [2.24, 2.45) is 5.92 Å². The summed E-state index contributed by atoms with van der Waals surface area (Å²) in [4.78, 5) is 11.4. The average molecular weight is 362 g/mol. The molecule has 0 bridgehead atoms. The molecular weight excluding hydrogens is 346 g/mol. The van der Waals surface area contributed by atoms with Crippen LogP contribution in [0.5, 0.6) is 0 Å². The summed E-state index contributed by atoms with van der Waals surface area (Å²) >= 11 is 3.25. The lowest BCUT2D eigenvalue weighted by Gasteiger charge is -2.36. The molecule has 1 heterocycles. The molecule has 20 heavy (non-hydrogen) atoms. The molecule has 1 aromatic rings. The molecule has 0 aliphatic carbocycles. The zero-order valence-corrected chi connectivity index (χ0v) is 13.4. The van der Waals surface area contributed by atoms with Crippen LogP contribution in [-0.4, -0.2) is 36.4 Å². The molecule has 0 spiro atoms. The zero-order chi connectivity index (χ0) is 14.9. The van der Waals surface area contributed by atoms with E-state index in [0.29, 0.717) is 23.9 Å². The van der Waals surface area contributed by atoms with E-state index in [0.717, 1.165) is 0 Å². The molecule has 1 N–H and O–H groups in total. The number of sulfonamides is 1. The van der Waals surface area contributed by atoms with Crippen molar-refractivity contribution in [3.05, 3.63) is 28.7 Å². The second-order valence-corrected chi connectivity index (χ2v) is 7.71. The fourth-order valence-electron chi connectivity index (χ4n) is 2.54. The van der Waals surface area contributed by atoms with Gasteiger partial charge in [0.15, 0.2) is 0 Å². The maximum atomic E-state index is 12.6. The first-order valence-corrected chi connectivity index (χ1v) is 8.57. The van der Waals surface area contributed by atoms with E-state index in [-0.39, 0.29) is 4.90 Å². The SMILES string of the molecule is C[C@@H]1[C@H](C(=O)O)CCCN1S(=O)(=O)c1cccc(Br)c1. The van der Waals surface area contributed by atoms with Crippen molar-refractivity contribution in [2.45, 2.75) is 30.7 Å².